The van der Waals surface area contributed by atoms with E-state index in [0.717, 1.165) is 82.2 Å². The summed E-state index contributed by atoms with van der Waals surface area (Å²) < 4.78 is 11.6. The molecule has 1 N–H and O–H groups in total. The van der Waals surface area contributed by atoms with Gasteiger partial charge in [-0.1, -0.05) is 26.7 Å². The first-order valence-electron chi connectivity index (χ1n) is 10.5. The van der Waals surface area contributed by atoms with Crippen LogP contribution < -0.4 is 5.32 Å². The average molecular weight is 397 g/mol. The molecule has 1 aromatic rings. The van der Waals surface area contributed by atoms with Crippen molar-refractivity contribution in [3.05, 3.63) is 16.5 Å². The largest absolute Gasteiger partial charge is 0.379 e. The fourth-order valence-corrected chi connectivity index (χ4v) is 4.39. The molecule has 0 amide bonds. The number of halogens is 1. The Morgan fingerprint density at radius 2 is 1.89 bits per heavy atom. The van der Waals surface area contributed by atoms with Gasteiger partial charge in [0.2, 0.25) is 5.28 Å². The molecule has 3 heterocycles. The predicted octanol–water partition coefficient (Wildman–Crippen LogP) is 3.68. The van der Waals surface area contributed by atoms with Crippen molar-refractivity contribution < 1.29 is 9.47 Å². The second-order valence-electron chi connectivity index (χ2n) is 7.36. The average Bonchev–Trinajstić information content (AvgIpc) is 3.14. The number of anilines is 1. The third kappa shape index (κ3) is 5.31. The Labute approximate surface area is 168 Å². The molecule has 0 aromatic carbocycles. The summed E-state index contributed by atoms with van der Waals surface area (Å²) >= 11 is 6.19. The van der Waals surface area contributed by atoms with Gasteiger partial charge in [0.25, 0.3) is 0 Å². The van der Waals surface area contributed by atoms with Gasteiger partial charge in [-0.2, -0.15) is 0 Å². The van der Waals surface area contributed by atoms with Crippen LogP contribution in [0.1, 0.15) is 57.2 Å². The van der Waals surface area contributed by atoms with Crippen LogP contribution in [0.5, 0.6) is 0 Å². The topological polar surface area (TPSA) is 59.5 Å². The normalized spacial score (nSPS) is 21.4. The van der Waals surface area contributed by atoms with E-state index >= 15 is 0 Å². The van der Waals surface area contributed by atoms with Crippen LogP contribution >= 0.6 is 11.6 Å². The third-order valence-corrected chi connectivity index (χ3v) is 5.81. The summed E-state index contributed by atoms with van der Waals surface area (Å²) in [7, 11) is 0. The highest BCUT2D eigenvalue weighted by molar-refractivity contribution is 6.28. The van der Waals surface area contributed by atoms with E-state index in [9.17, 15) is 0 Å². The van der Waals surface area contributed by atoms with Crippen molar-refractivity contribution in [2.24, 2.45) is 0 Å². The number of ether oxygens (including phenoxy) is 2. The Morgan fingerprint density at radius 3 is 2.63 bits per heavy atom. The molecular weight excluding hydrogens is 364 g/mol. The number of fused-ring (bicyclic) bond motifs is 1. The van der Waals surface area contributed by atoms with Crippen LogP contribution in [0.4, 0.5) is 5.82 Å². The summed E-state index contributed by atoms with van der Waals surface area (Å²) in [4.78, 5) is 11.4. The van der Waals surface area contributed by atoms with E-state index in [1.54, 1.807) is 0 Å². The molecule has 7 heteroatoms. The zero-order valence-corrected chi connectivity index (χ0v) is 17.5. The lowest BCUT2D eigenvalue weighted by atomic mass is 9.91. The van der Waals surface area contributed by atoms with Crippen molar-refractivity contribution in [3.8, 4) is 0 Å². The fourth-order valence-electron chi connectivity index (χ4n) is 4.20. The molecule has 152 valence electrons. The smallest absolute Gasteiger partial charge is 0.224 e. The number of nitrogens with zero attached hydrogens (tertiary/aromatic N) is 3. The van der Waals surface area contributed by atoms with Gasteiger partial charge < -0.3 is 14.8 Å². The first-order chi connectivity index (χ1) is 13.2. The monoisotopic (exact) mass is 396 g/mol. The zero-order chi connectivity index (χ0) is 19.1. The minimum atomic E-state index is -0.00170. The van der Waals surface area contributed by atoms with Crippen LogP contribution in [0.3, 0.4) is 0 Å². The molecule has 2 fully saturated rings. The Kier molecular flexibility index (Phi) is 7.70. The van der Waals surface area contributed by atoms with E-state index in [4.69, 9.17) is 21.1 Å². The van der Waals surface area contributed by atoms with Gasteiger partial charge in [-0.25, -0.2) is 9.97 Å². The molecule has 1 aliphatic carbocycles. The van der Waals surface area contributed by atoms with Crippen LogP contribution in [0.2, 0.25) is 5.28 Å². The Bertz CT molecular complexity index is 602. The first kappa shape index (κ1) is 20.8. The molecule has 1 saturated carbocycles. The zero-order valence-electron chi connectivity index (χ0n) is 16.7. The van der Waals surface area contributed by atoms with Crippen molar-refractivity contribution >= 4 is 17.4 Å². The highest BCUT2D eigenvalue weighted by Crippen LogP contribution is 2.41. The van der Waals surface area contributed by atoms with E-state index in [0.29, 0.717) is 11.9 Å². The fraction of sp³-hybridized carbons (Fsp3) is 0.800. The Morgan fingerprint density at radius 1 is 1.15 bits per heavy atom. The minimum absolute atomic E-state index is 0.00170. The molecule has 4 rings (SSSR count). The molecule has 1 aromatic heterocycles. The van der Waals surface area contributed by atoms with Crippen molar-refractivity contribution in [1.82, 2.24) is 14.9 Å². The number of aromatic nitrogens is 2. The van der Waals surface area contributed by atoms with Crippen molar-refractivity contribution in [2.45, 2.75) is 64.6 Å². The SMILES string of the molecule is CC.Clc1nc2c(c(NCCCN3CCOCC3)n1)COC1(CCCC1)C2. The summed E-state index contributed by atoms with van der Waals surface area (Å²) in [6.07, 6.45) is 6.71. The van der Waals surface area contributed by atoms with Gasteiger partial charge >= 0.3 is 0 Å². The highest BCUT2D eigenvalue weighted by Gasteiger charge is 2.40. The van der Waals surface area contributed by atoms with Gasteiger partial charge in [0.15, 0.2) is 0 Å². The lowest BCUT2D eigenvalue weighted by Crippen LogP contribution is -2.37. The summed E-state index contributed by atoms with van der Waals surface area (Å²) in [5, 5.41) is 3.80. The number of morpholine rings is 1. The van der Waals surface area contributed by atoms with Crippen molar-refractivity contribution in [3.63, 3.8) is 0 Å². The third-order valence-electron chi connectivity index (χ3n) is 5.64. The Balaban J connectivity index is 0.00000102. The standard InChI is InChI=1S/C18H27ClN4O2.C2H6/c19-17-21-15-12-18(4-1-2-5-18)25-13-14(15)16(22-17)20-6-3-7-23-8-10-24-11-9-23;1-2/h1-13H2,(H,20,21,22);1-2H3. The second kappa shape index (κ2) is 10.0. The number of hydrogen-bond acceptors (Lipinski definition) is 6. The quantitative estimate of drug-likeness (QED) is 0.605. The van der Waals surface area contributed by atoms with Crippen molar-refractivity contribution in [1.29, 1.82) is 0 Å². The maximum Gasteiger partial charge on any atom is 0.224 e. The molecule has 1 spiro atoms. The first-order valence-corrected chi connectivity index (χ1v) is 10.9. The van der Waals surface area contributed by atoms with E-state index < -0.39 is 0 Å². The molecule has 0 bridgehead atoms. The van der Waals surface area contributed by atoms with Gasteiger partial charge in [0.05, 0.1) is 31.1 Å². The molecule has 2 aliphatic heterocycles. The number of nitrogens with one attached hydrogen (secondary N) is 1. The van der Waals surface area contributed by atoms with E-state index in [2.05, 4.69) is 20.2 Å². The maximum atomic E-state index is 6.25. The summed E-state index contributed by atoms with van der Waals surface area (Å²) in [6, 6.07) is 0. The van der Waals surface area contributed by atoms with Crippen LogP contribution in [-0.4, -0.2) is 59.9 Å². The summed E-state index contributed by atoms with van der Waals surface area (Å²) in [6.45, 7) is 10.3. The molecule has 0 radical (unpaired) electrons. The lowest BCUT2D eigenvalue weighted by Gasteiger charge is -2.35. The lowest BCUT2D eigenvalue weighted by molar-refractivity contribution is -0.0633. The van der Waals surface area contributed by atoms with Gasteiger partial charge in [-0.05, 0) is 37.4 Å². The van der Waals surface area contributed by atoms with Crippen LogP contribution in [0, 0.1) is 0 Å². The summed E-state index contributed by atoms with van der Waals surface area (Å²) in [5.74, 6) is 0.852. The van der Waals surface area contributed by atoms with E-state index in [1.807, 2.05) is 13.8 Å². The molecule has 0 unspecified atom stereocenters. The van der Waals surface area contributed by atoms with E-state index in [-0.39, 0.29) is 5.60 Å². The molecular formula is C20H33ClN4O2. The predicted molar refractivity (Wildman–Crippen MR) is 108 cm³/mol. The molecule has 6 nitrogen and oxygen atoms in total. The second-order valence-corrected chi connectivity index (χ2v) is 7.69. The minimum Gasteiger partial charge on any atom is -0.379 e. The molecule has 1 saturated heterocycles. The summed E-state index contributed by atoms with van der Waals surface area (Å²) in [5.41, 5.74) is 2.16. The molecule has 3 aliphatic rings. The van der Waals surface area contributed by atoms with E-state index in [1.165, 1.54) is 12.8 Å². The number of hydrogen-bond donors (Lipinski definition) is 1. The molecule has 0 atom stereocenters. The maximum absolute atomic E-state index is 6.25. The molecule has 27 heavy (non-hydrogen) atoms. The van der Waals surface area contributed by atoms with Gasteiger partial charge in [0, 0.05) is 31.6 Å². The van der Waals surface area contributed by atoms with Crippen LogP contribution in [-0.2, 0) is 22.5 Å². The van der Waals surface area contributed by atoms with Gasteiger partial charge in [-0.15, -0.1) is 0 Å². The number of rotatable bonds is 5. The van der Waals surface area contributed by atoms with Crippen LogP contribution in [0.25, 0.3) is 0 Å². The van der Waals surface area contributed by atoms with Crippen molar-refractivity contribution in [2.75, 3.05) is 44.7 Å². The van der Waals surface area contributed by atoms with Crippen LogP contribution in [0.15, 0.2) is 0 Å². The highest BCUT2D eigenvalue weighted by atomic mass is 35.5. The Hall–Kier alpha value is -0.950. The van der Waals surface area contributed by atoms with Gasteiger partial charge in [-0.3, -0.25) is 4.90 Å². The van der Waals surface area contributed by atoms with Gasteiger partial charge in [0.1, 0.15) is 5.82 Å².